The first kappa shape index (κ1) is 31.2. The highest BCUT2D eigenvalue weighted by Crippen LogP contribution is 2.26. The molecule has 2 rings (SSSR count). The van der Waals surface area contributed by atoms with E-state index in [2.05, 4.69) is 5.32 Å². The molecule has 11 nitrogen and oxygen atoms in total. The van der Waals surface area contributed by atoms with E-state index in [4.69, 9.17) is 26.4 Å². The molecule has 38 heavy (non-hydrogen) atoms. The van der Waals surface area contributed by atoms with Crippen LogP contribution in [0.4, 0.5) is 4.39 Å². The third kappa shape index (κ3) is 9.05. The Kier molecular flexibility index (Phi) is 12.1. The van der Waals surface area contributed by atoms with Crippen LogP contribution in [0.15, 0.2) is 35.5 Å². The van der Waals surface area contributed by atoms with Crippen LogP contribution in [-0.2, 0) is 31.9 Å². The molecule has 1 saturated heterocycles. The molecule has 0 saturated carbocycles. The topological polar surface area (TPSA) is 201 Å². The van der Waals surface area contributed by atoms with Crippen LogP contribution < -0.4 is 16.8 Å². The smallest absolute Gasteiger partial charge is 0.231 e. The summed E-state index contributed by atoms with van der Waals surface area (Å²) in [4.78, 5) is 22.6. The summed E-state index contributed by atoms with van der Waals surface area (Å²) in [7, 11) is 0. The zero-order valence-corrected chi connectivity index (χ0v) is 21.7. The van der Waals surface area contributed by atoms with E-state index >= 15 is 0 Å². The fraction of sp³-hybridized carbons (Fsp3) is 0.577. The van der Waals surface area contributed by atoms with Gasteiger partial charge in [-0.1, -0.05) is 38.1 Å². The Labute approximate surface area is 221 Å². The number of carbonyl (C=O) groups is 2. The summed E-state index contributed by atoms with van der Waals surface area (Å²) in [6.45, 7) is 3.19. The number of allylic oxidation sites excluding steroid dienone is 1. The Morgan fingerprint density at radius 2 is 1.76 bits per heavy atom. The minimum atomic E-state index is -2.01. The molecule has 0 radical (unpaired) electrons. The summed E-state index contributed by atoms with van der Waals surface area (Å²) in [5.74, 6) is -1.14. The largest absolute Gasteiger partial charge is 0.445 e. The van der Waals surface area contributed by atoms with Gasteiger partial charge in [-0.2, -0.15) is 0 Å². The van der Waals surface area contributed by atoms with Crippen LogP contribution in [0.25, 0.3) is 0 Å². The summed E-state index contributed by atoms with van der Waals surface area (Å²) in [6.07, 6.45) is -6.65. The molecule has 1 fully saturated rings. The lowest BCUT2D eigenvalue weighted by Crippen LogP contribution is -2.58. The third-order valence-corrected chi connectivity index (χ3v) is 6.24. The van der Waals surface area contributed by atoms with Gasteiger partial charge in [-0.15, -0.1) is 0 Å². The van der Waals surface area contributed by atoms with Gasteiger partial charge >= 0.3 is 0 Å². The predicted octanol–water partition coefficient (Wildman–Crippen LogP) is 0.183. The van der Waals surface area contributed by atoms with Gasteiger partial charge in [-0.3, -0.25) is 15.0 Å². The number of aliphatic hydroxyl groups excluding tert-OH is 3. The summed E-state index contributed by atoms with van der Waals surface area (Å²) < 4.78 is 24.7. The van der Waals surface area contributed by atoms with Gasteiger partial charge in [0.15, 0.2) is 6.17 Å². The zero-order chi connectivity index (χ0) is 28.4. The first-order chi connectivity index (χ1) is 17.9. The molecule has 9 N–H and O–H groups in total. The van der Waals surface area contributed by atoms with Gasteiger partial charge < -0.3 is 41.6 Å². The van der Waals surface area contributed by atoms with Crippen molar-refractivity contribution in [3.63, 3.8) is 0 Å². The van der Waals surface area contributed by atoms with Gasteiger partial charge in [0.1, 0.15) is 18.3 Å². The molecule has 1 aliphatic rings. The lowest BCUT2D eigenvalue weighted by Gasteiger charge is -2.38. The minimum absolute atomic E-state index is 0.102. The number of amides is 2. The van der Waals surface area contributed by atoms with E-state index in [1.165, 1.54) is 0 Å². The van der Waals surface area contributed by atoms with E-state index < -0.39 is 49.2 Å². The van der Waals surface area contributed by atoms with Crippen molar-refractivity contribution in [3.05, 3.63) is 46.7 Å². The van der Waals surface area contributed by atoms with Crippen molar-refractivity contribution in [3.8, 4) is 0 Å². The zero-order valence-electron chi connectivity index (χ0n) is 21.7. The first-order valence-corrected chi connectivity index (χ1v) is 12.6. The molecule has 1 aromatic carbocycles. The highest BCUT2D eigenvalue weighted by Gasteiger charge is 2.46. The molecule has 12 heteroatoms. The van der Waals surface area contributed by atoms with Gasteiger partial charge in [-0.05, 0) is 29.9 Å². The van der Waals surface area contributed by atoms with Crippen molar-refractivity contribution in [2.75, 3.05) is 13.2 Å². The summed E-state index contributed by atoms with van der Waals surface area (Å²) >= 11 is 0. The number of benzene rings is 1. The van der Waals surface area contributed by atoms with Crippen molar-refractivity contribution < 1.29 is 38.8 Å². The van der Waals surface area contributed by atoms with Gasteiger partial charge in [0.05, 0.1) is 6.61 Å². The maximum Gasteiger partial charge on any atom is 0.231 e. The Morgan fingerprint density at radius 3 is 2.34 bits per heavy atom. The Bertz CT molecular complexity index is 984. The highest BCUT2D eigenvalue weighted by molar-refractivity contribution is 5.92. The second-order valence-electron chi connectivity index (χ2n) is 9.60. The average Bonchev–Trinajstić information content (AvgIpc) is 2.87. The van der Waals surface area contributed by atoms with Crippen molar-refractivity contribution in [2.45, 2.75) is 76.7 Å². The Hall–Kier alpha value is -3.06. The standard InChI is InChI=1S/C26H39FN4O7/c1-14(2)22(29)17(25(30)38-26-24(36)23(35)21(27)18(13-32)37-26)12-16-8-6-15(7-9-16)4-3-5-20(34)31-11-10-19(28)33/h6-9,14,18,21,23-24,26,30,32,35-36H,3-5,10-13,29H2,1-2H3,(H2,28,33)(H,31,34)/b22-17-,30-25?. The molecule has 5 atom stereocenters. The highest BCUT2D eigenvalue weighted by atomic mass is 19.1. The maximum atomic E-state index is 14.0. The Morgan fingerprint density at radius 1 is 1.13 bits per heavy atom. The van der Waals surface area contributed by atoms with Gasteiger partial charge in [0.25, 0.3) is 0 Å². The summed E-state index contributed by atoms with van der Waals surface area (Å²) in [5.41, 5.74) is 13.9. The number of alkyl halides is 1. The number of nitrogens with two attached hydrogens (primary N) is 2. The van der Waals surface area contributed by atoms with E-state index in [-0.39, 0.29) is 31.2 Å². The van der Waals surface area contributed by atoms with E-state index in [0.29, 0.717) is 30.5 Å². The number of ether oxygens (including phenoxy) is 2. The maximum absolute atomic E-state index is 14.0. The predicted molar refractivity (Wildman–Crippen MR) is 137 cm³/mol. The monoisotopic (exact) mass is 538 g/mol. The van der Waals surface area contributed by atoms with Crippen LogP contribution in [0.1, 0.15) is 44.2 Å². The summed E-state index contributed by atoms with van der Waals surface area (Å²) in [6, 6.07) is 7.56. The lowest BCUT2D eigenvalue weighted by atomic mass is 9.96. The quantitative estimate of drug-likeness (QED) is 0.136. The number of carbonyl (C=O) groups excluding carboxylic acids is 2. The summed E-state index contributed by atoms with van der Waals surface area (Å²) in [5, 5.41) is 40.5. The number of rotatable bonds is 13. The second-order valence-corrected chi connectivity index (χ2v) is 9.60. The Balaban J connectivity index is 2.01. The fourth-order valence-corrected chi connectivity index (χ4v) is 3.88. The van der Waals surface area contributed by atoms with E-state index in [9.17, 15) is 29.3 Å². The minimum Gasteiger partial charge on any atom is -0.445 e. The molecule has 1 aromatic rings. The van der Waals surface area contributed by atoms with Crippen LogP contribution in [-0.4, -0.2) is 77.0 Å². The van der Waals surface area contributed by atoms with Crippen molar-refractivity contribution >= 4 is 17.7 Å². The number of primary amides is 1. The fourth-order valence-electron chi connectivity index (χ4n) is 3.88. The SMILES string of the molecule is CC(C)/C(N)=C(\Cc1ccc(CCCC(=O)NCCC(N)=O)cc1)C(=N)OC1OC(CO)C(F)C(O)C1O. The van der Waals surface area contributed by atoms with Crippen molar-refractivity contribution in [1.29, 1.82) is 5.41 Å². The van der Waals surface area contributed by atoms with Gasteiger partial charge in [0, 0.05) is 37.1 Å². The van der Waals surface area contributed by atoms with E-state index in [1.807, 2.05) is 38.1 Å². The van der Waals surface area contributed by atoms with Crippen molar-refractivity contribution in [2.24, 2.45) is 17.4 Å². The molecule has 0 spiro atoms. The average molecular weight is 539 g/mol. The molecule has 0 bridgehead atoms. The van der Waals surface area contributed by atoms with Gasteiger partial charge in [-0.25, -0.2) is 4.39 Å². The van der Waals surface area contributed by atoms with Crippen LogP contribution in [0.5, 0.6) is 0 Å². The molecular weight excluding hydrogens is 499 g/mol. The number of aryl methyl sites for hydroxylation is 1. The number of nitrogens with one attached hydrogen (secondary N) is 2. The number of hydrogen-bond donors (Lipinski definition) is 7. The lowest BCUT2D eigenvalue weighted by molar-refractivity contribution is -0.269. The molecule has 1 heterocycles. The van der Waals surface area contributed by atoms with Gasteiger partial charge in [0.2, 0.25) is 24.0 Å². The molecule has 5 unspecified atom stereocenters. The van der Waals surface area contributed by atoms with Crippen LogP contribution in [0.3, 0.4) is 0 Å². The molecular formula is C26H39FN4O7. The van der Waals surface area contributed by atoms with E-state index in [1.54, 1.807) is 0 Å². The van der Waals surface area contributed by atoms with E-state index in [0.717, 1.165) is 11.1 Å². The van der Waals surface area contributed by atoms with Crippen LogP contribution in [0, 0.1) is 11.3 Å². The van der Waals surface area contributed by atoms with Crippen LogP contribution >= 0.6 is 0 Å². The first-order valence-electron chi connectivity index (χ1n) is 12.6. The number of halogens is 1. The van der Waals surface area contributed by atoms with Crippen molar-refractivity contribution in [1.82, 2.24) is 5.32 Å². The van der Waals surface area contributed by atoms with Crippen LogP contribution in [0.2, 0.25) is 0 Å². The molecule has 1 aliphatic heterocycles. The third-order valence-electron chi connectivity index (χ3n) is 6.24. The second kappa shape index (κ2) is 14.8. The number of hydrogen-bond acceptors (Lipinski definition) is 9. The molecule has 212 valence electrons. The molecule has 2 amide bonds. The molecule has 0 aliphatic carbocycles. The normalized spacial score (nSPS) is 24.0. The molecule has 0 aromatic heterocycles. The number of aliphatic hydroxyl groups is 3.